The maximum Gasteiger partial charge on any atom is 0.268 e. The number of thiophene rings is 2. The Labute approximate surface area is 166 Å². The van der Waals surface area contributed by atoms with Crippen LogP contribution in [0.25, 0.3) is 0 Å². The first-order valence-electron chi connectivity index (χ1n) is 9.07. The molecule has 4 rings (SSSR count). The molecule has 140 valence electrons. The summed E-state index contributed by atoms with van der Waals surface area (Å²) in [4.78, 5) is 18.2. The number of carbonyl (C=O) groups is 1. The van der Waals surface area contributed by atoms with E-state index in [4.69, 9.17) is 0 Å². The summed E-state index contributed by atoms with van der Waals surface area (Å²) in [5.74, 6) is -0.277. The van der Waals surface area contributed by atoms with Crippen LogP contribution in [0.2, 0.25) is 0 Å². The van der Waals surface area contributed by atoms with Gasteiger partial charge in [0.1, 0.15) is 5.82 Å². The van der Waals surface area contributed by atoms with Gasteiger partial charge in [0.05, 0.1) is 4.88 Å². The van der Waals surface area contributed by atoms with Crippen LogP contribution < -0.4 is 4.90 Å². The van der Waals surface area contributed by atoms with Gasteiger partial charge in [-0.3, -0.25) is 9.69 Å². The molecule has 6 heteroatoms. The smallest absolute Gasteiger partial charge is 0.268 e. The molecule has 1 aliphatic heterocycles. The van der Waals surface area contributed by atoms with E-state index < -0.39 is 0 Å². The number of hydrogen-bond acceptors (Lipinski definition) is 4. The number of amides is 1. The Hall–Kier alpha value is -2.02. The van der Waals surface area contributed by atoms with Gasteiger partial charge < -0.3 is 4.90 Å². The van der Waals surface area contributed by atoms with Crippen molar-refractivity contribution in [3.8, 4) is 0 Å². The highest BCUT2D eigenvalue weighted by Crippen LogP contribution is 2.28. The molecule has 0 spiro atoms. The van der Waals surface area contributed by atoms with Crippen molar-refractivity contribution in [2.45, 2.75) is 25.4 Å². The Morgan fingerprint density at radius 3 is 2.52 bits per heavy atom. The number of piperidine rings is 1. The average molecular weight is 401 g/mol. The van der Waals surface area contributed by atoms with Gasteiger partial charge >= 0.3 is 0 Å². The number of hydrogen-bond donors (Lipinski definition) is 0. The molecule has 27 heavy (non-hydrogen) atoms. The van der Waals surface area contributed by atoms with Crippen LogP contribution in [0.15, 0.2) is 58.6 Å². The molecular formula is C21H21FN2OS2. The molecule has 0 bridgehead atoms. The zero-order valence-corrected chi connectivity index (χ0v) is 16.5. The molecule has 1 aliphatic rings. The van der Waals surface area contributed by atoms with Gasteiger partial charge in [0.25, 0.3) is 5.91 Å². The van der Waals surface area contributed by atoms with Crippen molar-refractivity contribution in [1.29, 1.82) is 0 Å². The second kappa shape index (κ2) is 8.33. The van der Waals surface area contributed by atoms with E-state index in [-0.39, 0.29) is 17.8 Å². The van der Waals surface area contributed by atoms with Crippen LogP contribution in [0.1, 0.15) is 28.1 Å². The number of anilines is 1. The summed E-state index contributed by atoms with van der Waals surface area (Å²) >= 11 is 3.18. The highest BCUT2D eigenvalue weighted by molar-refractivity contribution is 7.12. The lowest BCUT2D eigenvalue weighted by Crippen LogP contribution is -2.47. The van der Waals surface area contributed by atoms with Crippen LogP contribution in [0.3, 0.4) is 0 Å². The van der Waals surface area contributed by atoms with E-state index in [1.807, 2.05) is 22.4 Å². The van der Waals surface area contributed by atoms with Gasteiger partial charge in [0.15, 0.2) is 0 Å². The molecule has 0 atom stereocenters. The molecule has 2 aromatic heterocycles. The Morgan fingerprint density at radius 2 is 1.89 bits per heavy atom. The number of likely N-dealkylation sites (tertiary alicyclic amines) is 1. The second-order valence-corrected chi connectivity index (χ2v) is 8.50. The summed E-state index contributed by atoms with van der Waals surface area (Å²) in [6, 6.07) is 12.3. The minimum absolute atomic E-state index is 0.00731. The Balaban J connectivity index is 1.51. The molecule has 1 fully saturated rings. The second-order valence-electron chi connectivity index (χ2n) is 6.77. The summed E-state index contributed by atoms with van der Waals surface area (Å²) in [5, 5.41) is 6.22. The van der Waals surface area contributed by atoms with Crippen molar-refractivity contribution in [3.05, 3.63) is 74.9 Å². The van der Waals surface area contributed by atoms with Gasteiger partial charge in [-0.1, -0.05) is 6.07 Å². The Bertz CT molecular complexity index is 854. The van der Waals surface area contributed by atoms with Crippen LogP contribution in [0.5, 0.6) is 0 Å². The summed E-state index contributed by atoms with van der Waals surface area (Å²) in [5.41, 5.74) is 2.12. The third kappa shape index (κ3) is 4.29. The van der Waals surface area contributed by atoms with Gasteiger partial charge in [-0.15, -0.1) is 11.3 Å². The van der Waals surface area contributed by atoms with E-state index in [0.29, 0.717) is 0 Å². The fourth-order valence-corrected chi connectivity index (χ4v) is 4.91. The molecule has 0 radical (unpaired) electrons. The number of carbonyl (C=O) groups excluding carboxylic acids is 1. The highest BCUT2D eigenvalue weighted by atomic mass is 32.1. The summed E-state index contributed by atoms with van der Waals surface area (Å²) in [6.07, 6.45) is 1.83. The largest absolute Gasteiger partial charge is 0.305 e. The SMILES string of the molecule is O=C(c1cccs1)N(c1ccc(F)cc1)C1CCN(Cc2ccsc2)CC1. The van der Waals surface area contributed by atoms with Crippen molar-refractivity contribution >= 4 is 34.3 Å². The topological polar surface area (TPSA) is 23.6 Å². The van der Waals surface area contributed by atoms with Crippen LogP contribution >= 0.6 is 22.7 Å². The first kappa shape index (κ1) is 18.3. The third-order valence-electron chi connectivity index (χ3n) is 4.96. The maximum absolute atomic E-state index is 13.4. The van der Waals surface area contributed by atoms with Gasteiger partial charge in [-0.2, -0.15) is 11.3 Å². The van der Waals surface area contributed by atoms with Crippen molar-refractivity contribution < 1.29 is 9.18 Å². The third-order valence-corrected chi connectivity index (χ3v) is 6.55. The van der Waals surface area contributed by atoms with E-state index >= 15 is 0 Å². The predicted octanol–water partition coefficient (Wildman–Crippen LogP) is 5.26. The van der Waals surface area contributed by atoms with Crippen molar-refractivity contribution in [2.24, 2.45) is 0 Å². The van der Waals surface area contributed by atoms with Crippen LogP contribution in [0.4, 0.5) is 10.1 Å². The fraction of sp³-hybridized carbons (Fsp3) is 0.286. The first-order chi connectivity index (χ1) is 13.2. The van der Waals surface area contributed by atoms with Crippen molar-refractivity contribution in [1.82, 2.24) is 4.90 Å². The normalized spacial score (nSPS) is 15.7. The standard InChI is InChI=1S/C21H21FN2OS2/c22-17-3-5-18(6-4-17)24(21(25)20-2-1-12-27-20)19-7-10-23(11-8-19)14-16-9-13-26-15-16/h1-6,9,12-13,15,19H,7-8,10-11,14H2. The molecule has 1 amide bonds. The van der Waals surface area contributed by atoms with E-state index in [2.05, 4.69) is 21.7 Å². The quantitative estimate of drug-likeness (QED) is 0.583. The molecule has 0 unspecified atom stereocenters. The van der Waals surface area contributed by atoms with E-state index in [0.717, 1.165) is 43.0 Å². The zero-order chi connectivity index (χ0) is 18.6. The lowest BCUT2D eigenvalue weighted by Gasteiger charge is -2.38. The molecular weight excluding hydrogens is 379 g/mol. The van der Waals surface area contributed by atoms with Gasteiger partial charge in [-0.25, -0.2) is 4.39 Å². The predicted molar refractivity (Wildman–Crippen MR) is 110 cm³/mol. The van der Waals surface area contributed by atoms with Crippen LogP contribution in [0, 0.1) is 5.82 Å². The van der Waals surface area contributed by atoms with E-state index in [1.165, 1.54) is 29.0 Å². The number of rotatable bonds is 5. The monoisotopic (exact) mass is 400 g/mol. The molecule has 3 heterocycles. The van der Waals surface area contributed by atoms with Crippen LogP contribution in [-0.4, -0.2) is 29.9 Å². The number of benzene rings is 1. The first-order valence-corrected chi connectivity index (χ1v) is 10.9. The van der Waals surface area contributed by atoms with Gasteiger partial charge in [0.2, 0.25) is 0 Å². The average Bonchev–Trinajstić information content (AvgIpc) is 3.39. The van der Waals surface area contributed by atoms with E-state index in [9.17, 15) is 9.18 Å². The summed E-state index contributed by atoms with van der Waals surface area (Å²) in [6.45, 7) is 2.87. The van der Waals surface area contributed by atoms with Crippen molar-refractivity contribution in [2.75, 3.05) is 18.0 Å². The Morgan fingerprint density at radius 1 is 1.11 bits per heavy atom. The molecule has 3 nitrogen and oxygen atoms in total. The van der Waals surface area contributed by atoms with E-state index in [1.54, 1.807) is 23.5 Å². The number of halogens is 1. The van der Waals surface area contributed by atoms with Gasteiger partial charge in [-0.05, 0) is 70.9 Å². The summed E-state index contributed by atoms with van der Waals surface area (Å²) < 4.78 is 13.4. The van der Waals surface area contributed by atoms with Gasteiger partial charge in [0, 0.05) is 31.4 Å². The molecule has 1 aromatic carbocycles. The van der Waals surface area contributed by atoms with Crippen molar-refractivity contribution in [3.63, 3.8) is 0 Å². The summed E-state index contributed by atoms with van der Waals surface area (Å²) in [7, 11) is 0. The molecule has 0 N–H and O–H groups in total. The number of nitrogens with zero attached hydrogens (tertiary/aromatic N) is 2. The molecule has 1 saturated heterocycles. The Kier molecular flexibility index (Phi) is 5.66. The fourth-order valence-electron chi connectivity index (χ4n) is 3.59. The maximum atomic E-state index is 13.4. The minimum Gasteiger partial charge on any atom is -0.305 e. The minimum atomic E-state index is -0.284. The molecule has 0 saturated carbocycles. The van der Waals surface area contributed by atoms with Crippen LogP contribution in [-0.2, 0) is 6.54 Å². The molecule has 0 aliphatic carbocycles. The zero-order valence-electron chi connectivity index (χ0n) is 14.9. The lowest BCUT2D eigenvalue weighted by atomic mass is 10.0. The highest BCUT2D eigenvalue weighted by Gasteiger charge is 2.30. The lowest BCUT2D eigenvalue weighted by molar-refractivity contribution is 0.0962. The molecule has 3 aromatic rings.